The van der Waals surface area contributed by atoms with E-state index < -0.39 is 5.41 Å². The van der Waals surface area contributed by atoms with Gasteiger partial charge < -0.3 is 14.4 Å². The Balaban J connectivity index is 2.26. The Morgan fingerprint density at radius 2 is 1.69 bits per heavy atom. The standard InChI is InChI=1S/C24H35N3O2/c1-7-19(2)27(23(29)24(3,4)5)18-22(28)26(16-20-12-9-8-10-13-20)17-21-14-11-15-25(21)6/h8-15,19H,7,16-18H2,1-6H3. The van der Waals surface area contributed by atoms with Crippen LogP contribution in [0.3, 0.4) is 0 Å². The van der Waals surface area contributed by atoms with Crippen molar-refractivity contribution in [1.29, 1.82) is 0 Å². The van der Waals surface area contributed by atoms with E-state index in [0.29, 0.717) is 13.1 Å². The molecule has 0 aliphatic carbocycles. The van der Waals surface area contributed by atoms with Crippen molar-refractivity contribution in [3.63, 3.8) is 0 Å². The zero-order valence-corrected chi connectivity index (χ0v) is 18.7. The van der Waals surface area contributed by atoms with Crippen LogP contribution in [0, 0.1) is 5.41 Å². The first-order valence-corrected chi connectivity index (χ1v) is 10.4. The summed E-state index contributed by atoms with van der Waals surface area (Å²) in [5, 5.41) is 0. The molecular formula is C24H35N3O2. The number of carbonyl (C=O) groups excluding carboxylic acids is 2. The van der Waals surface area contributed by atoms with E-state index in [1.165, 1.54) is 0 Å². The highest BCUT2D eigenvalue weighted by Gasteiger charge is 2.32. The van der Waals surface area contributed by atoms with Gasteiger partial charge in [-0.05, 0) is 31.0 Å². The van der Waals surface area contributed by atoms with Gasteiger partial charge in [0.15, 0.2) is 0 Å². The minimum Gasteiger partial charge on any atom is -0.353 e. The SMILES string of the molecule is CCC(C)N(CC(=O)N(Cc1ccccc1)Cc1cccn1C)C(=O)C(C)(C)C. The van der Waals surface area contributed by atoms with Gasteiger partial charge in [-0.3, -0.25) is 9.59 Å². The van der Waals surface area contributed by atoms with E-state index in [1.807, 2.05) is 99.8 Å². The van der Waals surface area contributed by atoms with Gasteiger partial charge in [-0.15, -0.1) is 0 Å². The Morgan fingerprint density at radius 1 is 1.03 bits per heavy atom. The molecule has 0 N–H and O–H groups in total. The van der Waals surface area contributed by atoms with Crippen molar-refractivity contribution in [2.45, 2.75) is 60.2 Å². The third-order valence-corrected chi connectivity index (χ3v) is 5.30. The van der Waals surface area contributed by atoms with Crippen LogP contribution in [0.5, 0.6) is 0 Å². The zero-order chi connectivity index (χ0) is 21.6. The molecule has 0 bridgehead atoms. The number of benzene rings is 1. The van der Waals surface area contributed by atoms with E-state index in [4.69, 9.17) is 0 Å². The van der Waals surface area contributed by atoms with Gasteiger partial charge in [0.25, 0.3) is 0 Å². The molecule has 0 saturated heterocycles. The highest BCUT2D eigenvalue weighted by Crippen LogP contribution is 2.21. The molecule has 0 fully saturated rings. The molecule has 1 heterocycles. The molecule has 0 saturated carbocycles. The molecule has 0 aliphatic heterocycles. The van der Waals surface area contributed by atoms with Gasteiger partial charge in [0.2, 0.25) is 11.8 Å². The number of aromatic nitrogens is 1. The molecule has 1 atom stereocenters. The second-order valence-electron chi connectivity index (χ2n) is 8.79. The van der Waals surface area contributed by atoms with Crippen molar-refractivity contribution in [1.82, 2.24) is 14.4 Å². The van der Waals surface area contributed by atoms with Crippen LogP contribution < -0.4 is 0 Å². The number of aryl methyl sites for hydroxylation is 1. The van der Waals surface area contributed by atoms with E-state index in [-0.39, 0.29) is 24.4 Å². The Kier molecular flexibility index (Phi) is 7.66. The molecule has 1 aromatic carbocycles. The van der Waals surface area contributed by atoms with Gasteiger partial charge >= 0.3 is 0 Å². The molecule has 5 heteroatoms. The lowest BCUT2D eigenvalue weighted by molar-refractivity contribution is -0.148. The summed E-state index contributed by atoms with van der Waals surface area (Å²) in [6, 6.07) is 14.0. The van der Waals surface area contributed by atoms with Gasteiger partial charge in [0, 0.05) is 36.9 Å². The van der Waals surface area contributed by atoms with E-state index in [2.05, 4.69) is 0 Å². The summed E-state index contributed by atoms with van der Waals surface area (Å²) < 4.78 is 2.03. The Morgan fingerprint density at radius 3 is 2.21 bits per heavy atom. The molecule has 1 unspecified atom stereocenters. The van der Waals surface area contributed by atoms with Gasteiger partial charge in [0.1, 0.15) is 6.54 Å². The average molecular weight is 398 g/mol. The third kappa shape index (κ3) is 6.21. The summed E-state index contributed by atoms with van der Waals surface area (Å²) in [6.45, 7) is 10.9. The first-order valence-electron chi connectivity index (χ1n) is 10.4. The number of carbonyl (C=O) groups is 2. The van der Waals surface area contributed by atoms with E-state index in [9.17, 15) is 9.59 Å². The van der Waals surface area contributed by atoms with Gasteiger partial charge in [-0.2, -0.15) is 0 Å². The maximum absolute atomic E-state index is 13.4. The van der Waals surface area contributed by atoms with Crippen molar-refractivity contribution < 1.29 is 9.59 Å². The smallest absolute Gasteiger partial charge is 0.242 e. The van der Waals surface area contributed by atoms with Crippen molar-refractivity contribution in [2.24, 2.45) is 12.5 Å². The highest BCUT2D eigenvalue weighted by molar-refractivity contribution is 5.87. The lowest BCUT2D eigenvalue weighted by Gasteiger charge is -2.35. The fraction of sp³-hybridized carbons (Fsp3) is 0.500. The fourth-order valence-corrected chi connectivity index (χ4v) is 3.22. The first-order chi connectivity index (χ1) is 13.6. The second kappa shape index (κ2) is 9.77. The maximum Gasteiger partial charge on any atom is 0.242 e. The predicted molar refractivity (Wildman–Crippen MR) is 117 cm³/mol. The molecule has 29 heavy (non-hydrogen) atoms. The van der Waals surface area contributed by atoms with Crippen molar-refractivity contribution in [2.75, 3.05) is 6.54 Å². The molecule has 2 amide bonds. The maximum atomic E-state index is 13.4. The molecule has 0 radical (unpaired) electrons. The molecule has 5 nitrogen and oxygen atoms in total. The summed E-state index contributed by atoms with van der Waals surface area (Å²) >= 11 is 0. The van der Waals surface area contributed by atoms with Gasteiger partial charge in [0.05, 0.1) is 6.54 Å². The number of hydrogen-bond donors (Lipinski definition) is 0. The quantitative estimate of drug-likeness (QED) is 0.669. The lowest BCUT2D eigenvalue weighted by Crippen LogP contribution is -2.49. The summed E-state index contributed by atoms with van der Waals surface area (Å²) in [5.74, 6) is -0.0216. The summed E-state index contributed by atoms with van der Waals surface area (Å²) in [5.41, 5.74) is 1.62. The van der Waals surface area contributed by atoms with E-state index in [0.717, 1.165) is 17.7 Å². The van der Waals surface area contributed by atoms with Crippen LogP contribution in [0.1, 0.15) is 52.3 Å². The van der Waals surface area contributed by atoms with Crippen LogP contribution in [0.4, 0.5) is 0 Å². The van der Waals surface area contributed by atoms with Crippen molar-refractivity contribution in [3.05, 3.63) is 59.9 Å². The summed E-state index contributed by atoms with van der Waals surface area (Å²) in [7, 11) is 1.98. The summed E-state index contributed by atoms with van der Waals surface area (Å²) in [6.07, 6.45) is 2.79. The van der Waals surface area contributed by atoms with Crippen LogP contribution in [0.25, 0.3) is 0 Å². The second-order valence-corrected chi connectivity index (χ2v) is 8.79. The van der Waals surface area contributed by atoms with Crippen molar-refractivity contribution >= 4 is 11.8 Å². The van der Waals surface area contributed by atoms with Crippen LogP contribution in [0.15, 0.2) is 48.7 Å². The van der Waals surface area contributed by atoms with Crippen LogP contribution in [-0.4, -0.2) is 38.8 Å². The molecule has 0 spiro atoms. The van der Waals surface area contributed by atoms with Gasteiger partial charge in [-0.25, -0.2) is 0 Å². The topological polar surface area (TPSA) is 45.6 Å². The first kappa shape index (κ1) is 22.7. The lowest BCUT2D eigenvalue weighted by atomic mass is 9.93. The Bertz CT molecular complexity index is 805. The highest BCUT2D eigenvalue weighted by atomic mass is 16.2. The van der Waals surface area contributed by atoms with Crippen LogP contribution in [0.2, 0.25) is 0 Å². The van der Waals surface area contributed by atoms with E-state index >= 15 is 0 Å². The molecule has 158 valence electrons. The number of nitrogens with zero attached hydrogens (tertiary/aromatic N) is 3. The minimum absolute atomic E-state index is 0.0127. The molecule has 2 aromatic rings. The zero-order valence-electron chi connectivity index (χ0n) is 18.7. The normalized spacial score (nSPS) is 12.5. The molecule has 2 rings (SSSR count). The minimum atomic E-state index is -0.522. The summed E-state index contributed by atoms with van der Waals surface area (Å²) in [4.78, 5) is 30.0. The monoisotopic (exact) mass is 397 g/mol. The number of rotatable bonds is 8. The fourth-order valence-electron chi connectivity index (χ4n) is 3.22. The largest absolute Gasteiger partial charge is 0.353 e. The van der Waals surface area contributed by atoms with Crippen LogP contribution in [-0.2, 0) is 29.7 Å². The average Bonchev–Trinajstić information content (AvgIpc) is 3.09. The van der Waals surface area contributed by atoms with Crippen LogP contribution >= 0.6 is 0 Å². The predicted octanol–water partition coefficient (Wildman–Crippen LogP) is 4.23. The third-order valence-electron chi connectivity index (χ3n) is 5.30. The van der Waals surface area contributed by atoms with Crippen molar-refractivity contribution in [3.8, 4) is 0 Å². The van der Waals surface area contributed by atoms with Gasteiger partial charge in [-0.1, -0.05) is 58.0 Å². The molecule has 0 aliphatic rings. The number of hydrogen-bond acceptors (Lipinski definition) is 2. The Hall–Kier alpha value is -2.56. The molecule has 1 aromatic heterocycles. The van der Waals surface area contributed by atoms with E-state index in [1.54, 1.807) is 4.90 Å². The Labute approximate surface area is 175 Å². The molecular weight excluding hydrogens is 362 g/mol. The number of amides is 2.